The largest absolute Gasteiger partial charge is 0.462 e. The van der Waals surface area contributed by atoms with Crippen LogP contribution in [0.15, 0.2) is 85.1 Å². The summed E-state index contributed by atoms with van der Waals surface area (Å²) in [6.07, 6.45) is 80.3. The first-order chi connectivity index (χ1) is 34.6. The van der Waals surface area contributed by atoms with Crippen molar-refractivity contribution in [2.24, 2.45) is 0 Å². The maximum atomic E-state index is 12.9. The highest BCUT2D eigenvalue weighted by molar-refractivity contribution is 5.70. The minimum Gasteiger partial charge on any atom is -0.462 e. The molecule has 0 aliphatic rings. The van der Waals surface area contributed by atoms with Gasteiger partial charge < -0.3 is 14.2 Å². The van der Waals surface area contributed by atoms with Crippen molar-refractivity contribution in [2.45, 2.75) is 297 Å². The summed E-state index contributed by atoms with van der Waals surface area (Å²) < 4.78 is 17.5. The van der Waals surface area contributed by atoms with Gasteiger partial charge in [-0.2, -0.15) is 0 Å². The number of allylic oxidation sites excluding steroid dienone is 14. The molecule has 1 unspecified atom stereocenters. The summed E-state index contributed by atoms with van der Waals surface area (Å²) in [5, 5.41) is 0. The van der Waals surface area contributed by atoms with Crippen LogP contribution >= 0.6 is 0 Å². The monoisotopic (exact) mass is 975 g/mol. The Kier molecular flexibility index (Phi) is 57.9. The average molecular weight is 976 g/mol. The molecule has 70 heavy (non-hydrogen) atoms. The number of hydrogen-bond donors (Lipinski definition) is 0. The molecule has 0 aliphatic heterocycles. The molecule has 0 rings (SSSR count). The van der Waals surface area contributed by atoms with Gasteiger partial charge in [-0.1, -0.05) is 247 Å². The van der Waals surface area contributed by atoms with Gasteiger partial charge in [0.2, 0.25) is 0 Å². The Morgan fingerprint density at radius 2 is 0.643 bits per heavy atom. The number of carbonyl (C=O) groups is 2. The summed E-state index contributed by atoms with van der Waals surface area (Å²) in [5.74, 6) is -0.409. The predicted molar refractivity (Wildman–Crippen MR) is 307 cm³/mol. The predicted octanol–water partition coefficient (Wildman–Crippen LogP) is 20.8. The normalized spacial score (nSPS) is 12.8. The quantitative estimate of drug-likeness (QED) is 0.0345. The Morgan fingerprint density at radius 3 is 1.03 bits per heavy atom. The Morgan fingerprint density at radius 1 is 0.329 bits per heavy atom. The first-order valence-electron chi connectivity index (χ1n) is 30.1. The molecule has 0 bridgehead atoms. The van der Waals surface area contributed by atoms with Crippen LogP contribution < -0.4 is 0 Å². The molecule has 0 heterocycles. The molecule has 5 nitrogen and oxygen atoms in total. The first-order valence-corrected chi connectivity index (χ1v) is 30.1. The van der Waals surface area contributed by atoms with Gasteiger partial charge in [-0.05, 0) is 116 Å². The second-order valence-electron chi connectivity index (χ2n) is 19.9. The smallest absolute Gasteiger partial charge is 0.306 e. The molecule has 0 amide bonds. The second kappa shape index (κ2) is 60.4. The number of esters is 2. The van der Waals surface area contributed by atoms with Gasteiger partial charge in [0.1, 0.15) is 6.61 Å². The summed E-state index contributed by atoms with van der Waals surface area (Å²) in [6, 6.07) is 0. The lowest BCUT2D eigenvalue weighted by Crippen LogP contribution is -2.30. The van der Waals surface area contributed by atoms with Crippen LogP contribution in [0.25, 0.3) is 0 Å². The van der Waals surface area contributed by atoms with Gasteiger partial charge in [0.05, 0.1) is 6.61 Å². The van der Waals surface area contributed by atoms with Crippen LogP contribution in [0, 0.1) is 0 Å². The maximum Gasteiger partial charge on any atom is 0.306 e. The minimum atomic E-state index is -0.551. The van der Waals surface area contributed by atoms with Crippen molar-refractivity contribution in [3.63, 3.8) is 0 Å². The van der Waals surface area contributed by atoms with E-state index in [1.165, 1.54) is 173 Å². The Bertz CT molecular complexity index is 1290. The molecule has 0 spiro atoms. The van der Waals surface area contributed by atoms with Crippen LogP contribution in [0.4, 0.5) is 0 Å². The van der Waals surface area contributed by atoms with Crippen molar-refractivity contribution in [3.8, 4) is 0 Å². The first kappa shape index (κ1) is 67.1. The number of rotatable bonds is 55. The lowest BCUT2D eigenvalue weighted by molar-refractivity contribution is -0.163. The van der Waals surface area contributed by atoms with Gasteiger partial charge in [-0.15, -0.1) is 0 Å². The fourth-order valence-corrected chi connectivity index (χ4v) is 8.41. The maximum absolute atomic E-state index is 12.9. The van der Waals surface area contributed by atoms with Crippen LogP contribution in [-0.4, -0.2) is 37.9 Å². The third-order valence-corrected chi connectivity index (χ3v) is 12.9. The molecular formula is C65H114O5. The van der Waals surface area contributed by atoms with Crippen LogP contribution in [0.2, 0.25) is 0 Å². The topological polar surface area (TPSA) is 61.8 Å². The third-order valence-electron chi connectivity index (χ3n) is 12.9. The van der Waals surface area contributed by atoms with Crippen LogP contribution in [0.1, 0.15) is 290 Å². The molecule has 0 saturated carbocycles. The molecule has 5 heteroatoms. The molecule has 0 aromatic heterocycles. The SMILES string of the molecule is CC/C=C\C/C=C\C/C=C\CCCCCCCCCC(=O)OC(COCCCCCCCCCC/C=C\C/C=C\CCCCC)COC(=O)CCCCCCCCCCC/C=C\C/C=C\CCCCC. The summed E-state index contributed by atoms with van der Waals surface area (Å²) in [7, 11) is 0. The van der Waals surface area contributed by atoms with E-state index in [9.17, 15) is 9.59 Å². The van der Waals surface area contributed by atoms with Gasteiger partial charge in [0.15, 0.2) is 6.10 Å². The number of ether oxygens (including phenoxy) is 3. The van der Waals surface area contributed by atoms with E-state index in [1.807, 2.05) is 0 Å². The van der Waals surface area contributed by atoms with E-state index in [-0.39, 0.29) is 25.2 Å². The van der Waals surface area contributed by atoms with Crippen molar-refractivity contribution >= 4 is 11.9 Å². The number of carbonyl (C=O) groups excluding carboxylic acids is 2. The van der Waals surface area contributed by atoms with E-state index < -0.39 is 6.10 Å². The third kappa shape index (κ3) is 57.7. The molecule has 0 aromatic carbocycles. The zero-order chi connectivity index (χ0) is 50.6. The van der Waals surface area contributed by atoms with Crippen LogP contribution in [0.3, 0.4) is 0 Å². The molecule has 0 aliphatic carbocycles. The number of hydrogen-bond acceptors (Lipinski definition) is 5. The Hall–Kier alpha value is -2.92. The standard InChI is InChI=1S/C65H114O5/c1-4-7-10-13-16-19-22-25-28-31-33-35-37-40-43-46-49-52-55-58-64(66)69-62-63(61-68-60-57-54-51-48-45-42-39-36-32-29-26-23-20-17-14-11-8-5-2)70-65(67)59-56-53-50-47-44-41-38-34-30-27-24-21-18-15-12-9-6-3/h9,12,16-21,25-30,63H,4-8,10-11,13-15,22-24,31-62H2,1-3H3/b12-9-,19-16-,20-17-,21-18-,28-25-,29-26-,30-27-. The van der Waals surface area contributed by atoms with Crippen molar-refractivity contribution < 1.29 is 23.8 Å². The van der Waals surface area contributed by atoms with Crippen LogP contribution in [0.5, 0.6) is 0 Å². The minimum absolute atomic E-state index is 0.0744. The zero-order valence-corrected chi connectivity index (χ0v) is 46.5. The van der Waals surface area contributed by atoms with Gasteiger partial charge in [-0.3, -0.25) is 9.59 Å². The molecule has 0 radical (unpaired) electrons. The van der Waals surface area contributed by atoms with E-state index in [1.54, 1.807) is 0 Å². The fraction of sp³-hybridized carbons (Fsp3) is 0.754. The molecule has 1 atom stereocenters. The molecule has 0 saturated heterocycles. The van der Waals surface area contributed by atoms with E-state index in [0.717, 1.165) is 83.5 Å². The van der Waals surface area contributed by atoms with Gasteiger partial charge >= 0.3 is 11.9 Å². The van der Waals surface area contributed by atoms with E-state index in [0.29, 0.717) is 19.4 Å². The van der Waals surface area contributed by atoms with Crippen molar-refractivity contribution in [3.05, 3.63) is 85.1 Å². The summed E-state index contributed by atoms with van der Waals surface area (Å²) >= 11 is 0. The number of unbranched alkanes of at least 4 members (excludes halogenated alkanes) is 30. The van der Waals surface area contributed by atoms with Crippen molar-refractivity contribution in [1.82, 2.24) is 0 Å². The molecular weight excluding hydrogens is 861 g/mol. The van der Waals surface area contributed by atoms with Crippen molar-refractivity contribution in [2.75, 3.05) is 19.8 Å². The second-order valence-corrected chi connectivity index (χ2v) is 19.9. The van der Waals surface area contributed by atoms with Gasteiger partial charge in [0.25, 0.3) is 0 Å². The van der Waals surface area contributed by atoms with Crippen molar-refractivity contribution in [1.29, 1.82) is 0 Å². The van der Waals surface area contributed by atoms with E-state index in [2.05, 4.69) is 106 Å². The lowest BCUT2D eigenvalue weighted by Gasteiger charge is -2.18. The fourth-order valence-electron chi connectivity index (χ4n) is 8.41. The molecule has 0 aromatic rings. The summed E-state index contributed by atoms with van der Waals surface area (Å²) in [6.45, 7) is 7.67. The summed E-state index contributed by atoms with van der Waals surface area (Å²) in [5.41, 5.74) is 0. The Balaban J connectivity index is 4.30. The highest BCUT2D eigenvalue weighted by atomic mass is 16.6. The van der Waals surface area contributed by atoms with E-state index >= 15 is 0 Å². The highest BCUT2D eigenvalue weighted by Crippen LogP contribution is 2.15. The molecule has 0 fully saturated rings. The summed E-state index contributed by atoms with van der Waals surface area (Å²) in [4.78, 5) is 25.6. The van der Waals surface area contributed by atoms with Gasteiger partial charge in [-0.25, -0.2) is 0 Å². The van der Waals surface area contributed by atoms with E-state index in [4.69, 9.17) is 14.2 Å². The average Bonchev–Trinajstić information content (AvgIpc) is 3.36. The molecule has 404 valence electrons. The van der Waals surface area contributed by atoms with Crippen LogP contribution in [-0.2, 0) is 23.8 Å². The Labute approximate surface area is 435 Å². The molecule has 0 N–H and O–H groups in total. The van der Waals surface area contributed by atoms with Gasteiger partial charge in [0, 0.05) is 19.4 Å². The lowest BCUT2D eigenvalue weighted by atomic mass is 10.1. The zero-order valence-electron chi connectivity index (χ0n) is 46.5. The highest BCUT2D eigenvalue weighted by Gasteiger charge is 2.17.